The molecule has 0 spiro atoms. The van der Waals surface area contributed by atoms with Gasteiger partial charge in [0.05, 0.1) is 12.1 Å². The van der Waals surface area contributed by atoms with Gasteiger partial charge in [-0.05, 0) is 49.8 Å². The highest BCUT2D eigenvalue weighted by Crippen LogP contribution is 2.25. The molecule has 1 N–H and O–H groups in total. The van der Waals surface area contributed by atoms with Crippen LogP contribution in [-0.2, 0) is 16.0 Å². The van der Waals surface area contributed by atoms with E-state index in [1.54, 1.807) is 19.1 Å². The van der Waals surface area contributed by atoms with Gasteiger partial charge in [0.25, 0.3) is 0 Å². The van der Waals surface area contributed by atoms with Crippen LogP contribution in [0.1, 0.15) is 50.8 Å². The minimum absolute atomic E-state index is 0.00144. The first-order valence-corrected chi connectivity index (χ1v) is 11.2. The zero-order valence-corrected chi connectivity index (χ0v) is 18.6. The molecule has 0 aromatic carbocycles. The molecular formula is C24H31FN2O2S. The Morgan fingerprint density at radius 3 is 2.50 bits per heavy atom. The third kappa shape index (κ3) is 6.02. The molecule has 0 radical (unpaired) electrons. The number of carbonyl (C=O) groups excluding carboxylic acids is 2. The van der Waals surface area contributed by atoms with Crippen LogP contribution in [0.25, 0.3) is 0 Å². The van der Waals surface area contributed by atoms with Crippen LogP contribution >= 0.6 is 11.3 Å². The standard InChI is InChI=1S/C24H31FN2O2S/c1-5-18(6-2)23(24(29)26-19-12-9-8-10-13-19)27(21(7-3)17(4)25)22(28)16-20-14-11-15-30-20/h5-7,11,14-15,19,23H,1,3,8-10,12-13,16H2,2,4H3,(H,26,29)/b18-6+,21-17-. The summed E-state index contributed by atoms with van der Waals surface area (Å²) in [5.41, 5.74) is 0.546. The van der Waals surface area contributed by atoms with Crippen molar-refractivity contribution >= 4 is 23.2 Å². The lowest BCUT2D eigenvalue weighted by molar-refractivity contribution is -0.136. The van der Waals surface area contributed by atoms with Crippen LogP contribution in [0.4, 0.5) is 4.39 Å². The number of hydrogen-bond donors (Lipinski definition) is 1. The number of nitrogens with zero attached hydrogens (tertiary/aromatic N) is 1. The van der Waals surface area contributed by atoms with E-state index in [1.807, 2.05) is 17.5 Å². The van der Waals surface area contributed by atoms with Crippen LogP contribution in [0.5, 0.6) is 0 Å². The summed E-state index contributed by atoms with van der Waals surface area (Å²) in [6.07, 6.45) is 9.76. The van der Waals surface area contributed by atoms with Crippen molar-refractivity contribution < 1.29 is 14.0 Å². The molecule has 4 nitrogen and oxygen atoms in total. The molecule has 1 aromatic heterocycles. The molecule has 0 aliphatic heterocycles. The SMILES string of the molecule is C=C/C(=C(\C)F)N(C(=O)Cc1cccs1)C(C(=O)NC1CCCCC1)/C(C=C)=C/C. The predicted octanol–water partition coefficient (Wildman–Crippen LogP) is 5.46. The van der Waals surface area contributed by atoms with E-state index in [0.29, 0.717) is 5.57 Å². The van der Waals surface area contributed by atoms with Gasteiger partial charge in [-0.2, -0.15) is 0 Å². The Labute approximate surface area is 182 Å². The van der Waals surface area contributed by atoms with Crippen molar-refractivity contribution in [3.05, 3.63) is 70.9 Å². The highest BCUT2D eigenvalue weighted by molar-refractivity contribution is 7.10. The first-order chi connectivity index (χ1) is 14.4. The number of amides is 2. The van der Waals surface area contributed by atoms with Crippen LogP contribution in [0.3, 0.4) is 0 Å². The third-order valence-corrected chi connectivity index (χ3v) is 6.20. The van der Waals surface area contributed by atoms with Crippen LogP contribution in [0, 0.1) is 0 Å². The molecule has 1 aromatic rings. The minimum atomic E-state index is -1.01. The molecule has 30 heavy (non-hydrogen) atoms. The molecule has 1 saturated carbocycles. The van der Waals surface area contributed by atoms with Gasteiger partial charge in [-0.15, -0.1) is 11.3 Å². The molecule has 2 rings (SSSR count). The molecule has 0 bridgehead atoms. The van der Waals surface area contributed by atoms with Crippen molar-refractivity contribution in [2.45, 2.75) is 64.5 Å². The molecule has 1 fully saturated rings. The van der Waals surface area contributed by atoms with Gasteiger partial charge in [0.2, 0.25) is 11.8 Å². The van der Waals surface area contributed by atoms with E-state index in [4.69, 9.17) is 0 Å². The average Bonchev–Trinajstić information content (AvgIpc) is 3.24. The minimum Gasteiger partial charge on any atom is -0.351 e. The molecule has 1 heterocycles. The molecule has 6 heteroatoms. The number of allylic oxidation sites excluding steroid dienone is 3. The summed E-state index contributed by atoms with van der Waals surface area (Å²) in [6.45, 7) is 10.5. The van der Waals surface area contributed by atoms with Crippen molar-refractivity contribution in [3.8, 4) is 0 Å². The molecule has 1 aliphatic rings. The van der Waals surface area contributed by atoms with E-state index in [-0.39, 0.29) is 30.0 Å². The van der Waals surface area contributed by atoms with Crippen LogP contribution in [0.15, 0.2) is 66.0 Å². The zero-order valence-electron chi connectivity index (χ0n) is 17.8. The highest BCUT2D eigenvalue weighted by Gasteiger charge is 2.35. The van der Waals surface area contributed by atoms with Gasteiger partial charge in [0.15, 0.2) is 0 Å². The van der Waals surface area contributed by atoms with E-state index in [1.165, 1.54) is 35.7 Å². The van der Waals surface area contributed by atoms with Crippen molar-refractivity contribution in [1.82, 2.24) is 10.2 Å². The van der Waals surface area contributed by atoms with Crippen molar-refractivity contribution in [2.75, 3.05) is 0 Å². The van der Waals surface area contributed by atoms with Gasteiger partial charge < -0.3 is 5.32 Å². The third-order valence-electron chi connectivity index (χ3n) is 5.32. The quantitative estimate of drug-likeness (QED) is 0.529. The number of nitrogens with one attached hydrogen (secondary N) is 1. The molecule has 1 atom stereocenters. The van der Waals surface area contributed by atoms with Gasteiger partial charge >= 0.3 is 0 Å². The van der Waals surface area contributed by atoms with E-state index >= 15 is 0 Å². The van der Waals surface area contributed by atoms with Gasteiger partial charge in [-0.3, -0.25) is 14.5 Å². The maximum atomic E-state index is 14.4. The van der Waals surface area contributed by atoms with Crippen LogP contribution < -0.4 is 5.32 Å². The fourth-order valence-corrected chi connectivity index (χ4v) is 4.50. The molecule has 162 valence electrons. The lowest BCUT2D eigenvalue weighted by Gasteiger charge is -2.34. The summed E-state index contributed by atoms with van der Waals surface area (Å²) < 4.78 is 14.4. The Balaban J connectivity index is 2.46. The smallest absolute Gasteiger partial charge is 0.248 e. The summed E-state index contributed by atoms with van der Waals surface area (Å²) in [5, 5.41) is 4.96. The summed E-state index contributed by atoms with van der Waals surface area (Å²) in [5.74, 6) is -1.26. The predicted molar refractivity (Wildman–Crippen MR) is 122 cm³/mol. The Hall–Kier alpha value is -2.47. The molecule has 1 aliphatic carbocycles. The summed E-state index contributed by atoms with van der Waals surface area (Å²) >= 11 is 1.45. The fraction of sp³-hybridized carbons (Fsp3) is 0.417. The van der Waals surface area contributed by atoms with E-state index < -0.39 is 11.9 Å². The average molecular weight is 431 g/mol. The van der Waals surface area contributed by atoms with E-state index in [2.05, 4.69) is 18.5 Å². The Morgan fingerprint density at radius 1 is 1.30 bits per heavy atom. The molecular weight excluding hydrogens is 399 g/mol. The lowest BCUT2D eigenvalue weighted by Crippen LogP contribution is -2.52. The van der Waals surface area contributed by atoms with Gasteiger partial charge in [-0.1, -0.05) is 50.6 Å². The van der Waals surface area contributed by atoms with E-state index in [0.717, 1.165) is 30.6 Å². The number of halogens is 1. The number of rotatable bonds is 9. The zero-order chi connectivity index (χ0) is 22.1. The second-order valence-corrected chi connectivity index (χ2v) is 8.41. The molecule has 2 amide bonds. The fourth-order valence-electron chi connectivity index (χ4n) is 3.80. The van der Waals surface area contributed by atoms with Gasteiger partial charge in [-0.25, -0.2) is 4.39 Å². The molecule has 0 saturated heterocycles. The summed E-state index contributed by atoms with van der Waals surface area (Å²) in [4.78, 5) is 28.8. The van der Waals surface area contributed by atoms with Crippen LogP contribution in [0.2, 0.25) is 0 Å². The van der Waals surface area contributed by atoms with Gasteiger partial charge in [0.1, 0.15) is 11.9 Å². The molecule has 1 unspecified atom stereocenters. The monoisotopic (exact) mass is 430 g/mol. The summed E-state index contributed by atoms with van der Waals surface area (Å²) in [7, 11) is 0. The highest BCUT2D eigenvalue weighted by atomic mass is 32.1. The maximum Gasteiger partial charge on any atom is 0.248 e. The second kappa shape index (κ2) is 11.6. The van der Waals surface area contributed by atoms with Crippen molar-refractivity contribution in [1.29, 1.82) is 0 Å². The van der Waals surface area contributed by atoms with Crippen molar-refractivity contribution in [2.24, 2.45) is 0 Å². The first kappa shape index (κ1) is 23.8. The maximum absolute atomic E-state index is 14.4. The lowest BCUT2D eigenvalue weighted by atomic mass is 9.94. The Kier molecular flexibility index (Phi) is 9.24. The van der Waals surface area contributed by atoms with Crippen LogP contribution in [-0.4, -0.2) is 28.8 Å². The van der Waals surface area contributed by atoms with Crippen molar-refractivity contribution in [3.63, 3.8) is 0 Å². The van der Waals surface area contributed by atoms with Gasteiger partial charge in [0, 0.05) is 10.9 Å². The topological polar surface area (TPSA) is 49.4 Å². The first-order valence-electron chi connectivity index (χ1n) is 10.3. The normalized spacial score (nSPS) is 17.0. The Morgan fingerprint density at radius 2 is 2.00 bits per heavy atom. The summed E-state index contributed by atoms with van der Waals surface area (Å²) in [6, 6.07) is 2.76. The number of hydrogen-bond acceptors (Lipinski definition) is 3. The second-order valence-electron chi connectivity index (χ2n) is 7.38. The number of carbonyl (C=O) groups is 2. The largest absolute Gasteiger partial charge is 0.351 e. The Bertz CT molecular complexity index is 816. The number of thiophene rings is 1. The van der Waals surface area contributed by atoms with E-state index in [9.17, 15) is 14.0 Å².